The molecule has 1 saturated heterocycles. The van der Waals surface area contributed by atoms with Gasteiger partial charge in [0.1, 0.15) is 11.8 Å². The van der Waals surface area contributed by atoms with Crippen LogP contribution in [0.1, 0.15) is 19.8 Å². The van der Waals surface area contributed by atoms with Crippen molar-refractivity contribution in [3.05, 3.63) is 47.6 Å². The summed E-state index contributed by atoms with van der Waals surface area (Å²) in [4.78, 5) is 29.7. The normalized spacial score (nSPS) is 16.6. The molecule has 1 aliphatic rings. The molecule has 7 heteroatoms. The van der Waals surface area contributed by atoms with Crippen LogP contribution in [0.2, 0.25) is 5.02 Å². The number of aromatic nitrogens is 1. The number of nitrogens with zero attached hydrogens (tertiary/aromatic N) is 2. The summed E-state index contributed by atoms with van der Waals surface area (Å²) in [7, 11) is 0. The molecule has 0 bridgehead atoms. The summed E-state index contributed by atoms with van der Waals surface area (Å²) in [5, 5.41) is 3.43. The standard InChI is InChI=1S/C18H18ClN3O3/c1-12(23)22-10-2-3-16(22)18(24)21-14-6-9-17(20-11-14)25-15-7-4-13(19)5-8-15/h4-9,11,16H,2-3,10H2,1H3,(H,21,24)/t16-/m0/s1. The van der Waals surface area contributed by atoms with Crippen molar-refractivity contribution in [3.8, 4) is 11.6 Å². The maximum absolute atomic E-state index is 12.4. The number of hydrogen-bond acceptors (Lipinski definition) is 4. The van der Waals surface area contributed by atoms with Gasteiger partial charge in [-0.15, -0.1) is 0 Å². The third-order valence-corrected chi connectivity index (χ3v) is 4.25. The van der Waals surface area contributed by atoms with Gasteiger partial charge in [-0.05, 0) is 43.2 Å². The first kappa shape index (κ1) is 17.2. The number of halogens is 1. The lowest BCUT2D eigenvalue weighted by atomic mass is 10.2. The van der Waals surface area contributed by atoms with E-state index in [9.17, 15) is 9.59 Å². The van der Waals surface area contributed by atoms with Crippen molar-refractivity contribution in [1.82, 2.24) is 9.88 Å². The first-order valence-electron chi connectivity index (χ1n) is 8.00. The van der Waals surface area contributed by atoms with Gasteiger partial charge in [-0.3, -0.25) is 9.59 Å². The topological polar surface area (TPSA) is 71.5 Å². The number of benzene rings is 1. The van der Waals surface area contributed by atoms with Crippen molar-refractivity contribution in [2.45, 2.75) is 25.8 Å². The van der Waals surface area contributed by atoms with Gasteiger partial charge in [0.15, 0.2) is 0 Å². The molecule has 0 unspecified atom stereocenters. The molecule has 0 saturated carbocycles. The van der Waals surface area contributed by atoms with E-state index in [0.29, 0.717) is 35.3 Å². The predicted molar refractivity (Wildman–Crippen MR) is 94.8 cm³/mol. The smallest absolute Gasteiger partial charge is 0.247 e. The average Bonchev–Trinajstić information content (AvgIpc) is 3.09. The van der Waals surface area contributed by atoms with Crippen LogP contribution in [0.25, 0.3) is 0 Å². The van der Waals surface area contributed by atoms with Crippen molar-refractivity contribution in [3.63, 3.8) is 0 Å². The molecule has 6 nitrogen and oxygen atoms in total. The Balaban J connectivity index is 1.61. The van der Waals surface area contributed by atoms with Gasteiger partial charge in [-0.1, -0.05) is 11.6 Å². The molecule has 0 spiro atoms. The van der Waals surface area contributed by atoms with Gasteiger partial charge in [0.25, 0.3) is 0 Å². The van der Waals surface area contributed by atoms with E-state index in [2.05, 4.69) is 10.3 Å². The first-order valence-corrected chi connectivity index (χ1v) is 8.38. The number of likely N-dealkylation sites (tertiary alicyclic amines) is 1. The van der Waals surface area contributed by atoms with Crippen LogP contribution in [0.15, 0.2) is 42.6 Å². The molecule has 1 N–H and O–H groups in total. The average molecular weight is 360 g/mol. The molecule has 3 rings (SSSR count). The van der Waals surface area contributed by atoms with E-state index in [4.69, 9.17) is 16.3 Å². The molecule has 130 valence electrons. The Bertz CT molecular complexity index is 762. The van der Waals surface area contributed by atoms with Gasteiger partial charge in [0, 0.05) is 24.6 Å². The second-order valence-corrected chi connectivity index (χ2v) is 6.24. The molecule has 0 aliphatic carbocycles. The third-order valence-electron chi connectivity index (χ3n) is 4.00. The van der Waals surface area contributed by atoms with Crippen molar-refractivity contribution in [2.24, 2.45) is 0 Å². The van der Waals surface area contributed by atoms with E-state index < -0.39 is 6.04 Å². The zero-order chi connectivity index (χ0) is 17.8. The van der Waals surface area contributed by atoms with Crippen LogP contribution in [0, 0.1) is 0 Å². The van der Waals surface area contributed by atoms with Crippen molar-refractivity contribution >= 4 is 29.1 Å². The van der Waals surface area contributed by atoms with Gasteiger partial charge >= 0.3 is 0 Å². The first-order chi connectivity index (χ1) is 12.0. The zero-order valence-corrected chi connectivity index (χ0v) is 14.5. The van der Waals surface area contributed by atoms with Gasteiger partial charge < -0.3 is 15.0 Å². The monoisotopic (exact) mass is 359 g/mol. The maximum Gasteiger partial charge on any atom is 0.247 e. The number of hydrogen-bond donors (Lipinski definition) is 1. The van der Waals surface area contributed by atoms with Crippen LogP contribution in [0.5, 0.6) is 11.6 Å². The van der Waals surface area contributed by atoms with Gasteiger partial charge in [-0.25, -0.2) is 4.98 Å². The lowest BCUT2D eigenvalue weighted by molar-refractivity contribution is -0.134. The Labute approximate surface area is 150 Å². The Morgan fingerprint density at radius 3 is 2.64 bits per heavy atom. The largest absolute Gasteiger partial charge is 0.439 e. The van der Waals surface area contributed by atoms with Crippen molar-refractivity contribution < 1.29 is 14.3 Å². The summed E-state index contributed by atoms with van der Waals surface area (Å²) >= 11 is 5.83. The predicted octanol–water partition coefficient (Wildman–Crippen LogP) is 3.48. The molecule has 1 atom stereocenters. The number of pyridine rings is 1. The fourth-order valence-electron chi connectivity index (χ4n) is 2.78. The number of anilines is 1. The summed E-state index contributed by atoms with van der Waals surface area (Å²) in [6.45, 7) is 2.11. The van der Waals surface area contributed by atoms with Crippen LogP contribution >= 0.6 is 11.6 Å². The van der Waals surface area contributed by atoms with Crippen LogP contribution in [-0.4, -0.2) is 34.3 Å². The maximum atomic E-state index is 12.4. The van der Waals surface area contributed by atoms with Gasteiger partial charge in [0.2, 0.25) is 17.7 Å². The summed E-state index contributed by atoms with van der Waals surface area (Å²) in [6, 6.07) is 9.92. The highest BCUT2D eigenvalue weighted by atomic mass is 35.5. The SMILES string of the molecule is CC(=O)N1CCC[C@H]1C(=O)Nc1ccc(Oc2ccc(Cl)cc2)nc1. The fraction of sp³-hybridized carbons (Fsp3) is 0.278. The Morgan fingerprint density at radius 2 is 2.00 bits per heavy atom. The number of amides is 2. The minimum Gasteiger partial charge on any atom is -0.439 e. The molecular weight excluding hydrogens is 342 g/mol. The summed E-state index contributed by atoms with van der Waals surface area (Å²) in [5.41, 5.74) is 0.559. The highest BCUT2D eigenvalue weighted by Gasteiger charge is 2.32. The Hall–Kier alpha value is -2.60. The molecule has 1 aliphatic heterocycles. The van der Waals surface area contributed by atoms with Crippen LogP contribution < -0.4 is 10.1 Å². The Morgan fingerprint density at radius 1 is 1.24 bits per heavy atom. The summed E-state index contributed by atoms with van der Waals surface area (Å²) < 4.78 is 5.61. The van der Waals surface area contributed by atoms with Crippen LogP contribution in [0.4, 0.5) is 5.69 Å². The molecule has 0 radical (unpaired) electrons. The van der Waals surface area contributed by atoms with Crippen LogP contribution in [0.3, 0.4) is 0 Å². The molecule has 1 aromatic carbocycles. The lowest BCUT2D eigenvalue weighted by Gasteiger charge is -2.22. The molecule has 2 amide bonds. The minimum absolute atomic E-state index is 0.0810. The minimum atomic E-state index is -0.414. The van der Waals surface area contributed by atoms with E-state index >= 15 is 0 Å². The van der Waals surface area contributed by atoms with Gasteiger partial charge in [0.05, 0.1) is 11.9 Å². The summed E-state index contributed by atoms with van der Waals surface area (Å²) in [6.07, 6.45) is 3.04. The molecule has 2 heterocycles. The summed E-state index contributed by atoms with van der Waals surface area (Å²) in [5.74, 6) is 0.756. The fourth-order valence-corrected chi connectivity index (χ4v) is 2.91. The van der Waals surface area contributed by atoms with E-state index in [1.165, 1.54) is 13.1 Å². The van der Waals surface area contributed by atoms with Crippen molar-refractivity contribution in [1.29, 1.82) is 0 Å². The lowest BCUT2D eigenvalue weighted by Crippen LogP contribution is -2.42. The van der Waals surface area contributed by atoms with E-state index in [-0.39, 0.29) is 11.8 Å². The molecule has 1 fully saturated rings. The Kier molecular flexibility index (Phi) is 5.19. The third kappa shape index (κ3) is 4.28. The molecular formula is C18H18ClN3O3. The second-order valence-electron chi connectivity index (χ2n) is 5.80. The quantitative estimate of drug-likeness (QED) is 0.907. The van der Waals surface area contributed by atoms with E-state index in [0.717, 1.165) is 6.42 Å². The highest BCUT2D eigenvalue weighted by Crippen LogP contribution is 2.23. The number of rotatable bonds is 4. The van der Waals surface area contributed by atoms with Gasteiger partial charge in [-0.2, -0.15) is 0 Å². The number of carbonyl (C=O) groups is 2. The second kappa shape index (κ2) is 7.53. The molecule has 25 heavy (non-hydrogen) atoms. The highest BCUT2D eigenvalue weighted by molar-refractivity contribution is 6.30. The number of nitrogens with one attached hydrogen (secondary N) is 1. The van der Waals surface area contributed by atoms with Crippen molar-refractivity contribution in [2.75, 3.05) is 11.9 Å². The zero-order valence-electron chi connectivity index (χ0n) is 13.7. The van der Waals surface area contributed by atoms with E-state index in [1.54, 1.807) is 41.3 Å². The van der Waals surface area contributed by atoms with Crippen LogP contribution in [-0.2, 0) is 9.59 Å². The molecule has 1 aromatic heterocycles. The van der Waals surface area contributed by atoms with E-state index in [1.807, 2.05) is 0 Å². The molecule has 2 aromatic rings. The number of carbonyl (C=O) groups excluding carboxylic acids is 2. The number of ether oxygens (including phenoxy) is 1.